The summed E-state index contributed by atoms with van der Waals surface area (Å²) in [5.41, 5.74) is 0. The molecule has 1 unspecified atom stereocenters. The third kappa shape index (κ3) is 3.81. The van der Waals surface area contributed by atoms with E-state index in [2.05, 4.69) is 0 Å². The fraction of sp³-hybridized carbons (Fsp3) is 0.818. The number of carboxylic acids is 1. The molecule has 92 valence electrons. The highest BCUT2D eigenvalue weighted by Crippen LogP contribution is 2.27. The maximum Gasteiger partial charge on any atom is 0.309 e. The van der Waals surface area contributed by atoms with Gasteiger partial charge in [-0.15, -0.1) is 0 Å². The van der Waals surface area contributed by atoms with Crippen molar-refractivity contribution < 1.29 is 24.2 Å². The highest BCUT2D eigenvalue weighted by atomic mass is 16.5. The molecular weight excluding hydrogens is 212 g/mol. The molecule has 1 aliphatic heterocycles. The van der Waals surface area contributed by atoms with Crippen molar-refractivity contribution in [2.24, 2.45) is 11.8 Å². The molecule has 1 atom stereocenters. The molecular formula is C11H18O5. The first kappa shape index (κ1) is 13.0. The summed E-state index contributed by atoms with van der Waals surface area (Å²) in [6, 6.07) is 0. The molecule has 0 saturated carbocycles. The van der Waals surface area contributed by atoms with Gasteiger partial charge in [0.2, 0.25) is 0 Å². The van der Waals surface area contributed by atoms with Crippen LogP contribution in [0.4, 0.5) is 0 Å². The summed E-state index contributed by atoms with van der Waals surface area (Å²) in [5, 5.41) is 8.79. The lowest BCUT2D eigenvalue weighted by Gasteiger charge is -2.27. The molecule has 0 spiro atoms. The molecule has 0 aromatic carbocycles. The molecule has 1 aliphatic rings. The summed E-state index contributed by atoms with van der Waals surface area (Å²) >= 11 is 0. The van der Waals surface area contributed by atoms with Crippen LogP contribution in [-0.2, 0) is 19.1 Å². The highest BCUT2D eigenvalue weighted by Gasteiger charge is 2.32. The minimum Gasteiger partial charge on any atom is -0.481 e. The lowest BCUT2D eigenvalue weighted by molar-refractivity contribution is -0.156. The number of esters is 1. The van der Waals surface area contributed by atoms with Gasteiger partial charge in [-0.1, -0.05) is 0 Å². The summed E-state index contributed by atoms with van der Waals surface area (Å²) in [5.74, 6) is -1.80. The topological polar surface area (TPSA) is 72.8 Å². The Balaban J connectivity index is 2.60. The lowest BCUT2D eigenvalue weighted by atomic mass is 9.84. The largest absolute Gasteiger partial charge is 0.481 e. The average Bonchev–Trinajstić information content (AvgIpc) is 2.27. The van der Waals surface area contributed by atoms with Crippen LogP contribution in [-0.4, -0.2) is 36.9 Å². The maximum absolute atomic E-state index is 11.7. The fourth-order valence-electron chi connectivity index (χ4n) is 2.00. The summed E-state index contributed by atoms with van der Waals surface area (Å²) in [7, 11) is 0. The molecule has 5 heteroatoms. The van der Waals surface area contributed by atoms with E-state index in [4.69, 9.17) is 14.6 Å². The van der Waals surface area contributed by atoms with Crippen LogP contribution >= 0.6 is 0 Å². The van der Waals surface area contributed by atoms with Crippen LogP contribution < -0.4 is 0 Å². The molecule has 1 heterocycles. The third-order valence-corrected chi connectivity index (χ3v) is 2.82. The van der Waals surface area contributed by atoms with Crippen LogP contribution in [0.25, 0.3) is 0 Å². The molecule has 1 fully saturated rings. The van der Waals surface area contributed by atoms with Gasteiger partial charge in [-0.05, 0) is 25.7 Å². The smallest absolute Gasteiger partial charge is 0.309 e. The van der Waals surface area contributed by atoms with E-state index in [-0.39, 0.29) is 18.9 Å². The van der Waals surface area contributed by atoms with E-state index < -0.39 is 17.9 Å². The lowest BCUT2D eigenvalue weighted by Crippen LogP contribution is -2.32. The first-order valence-electron chi connectivity index (χ1n) is 5.61. The van der Waals surface area contributed by atoms with Crippen molar-refractivity contribution in [2.45, 2.75) is 26.2 Å². The number of carbonyl (C=O) groups is 2. The minimum absolute atomic E-state index is 0.0731. The number of rotatable bonds is 5. The second kappa shape index (κ2) is 6.48. The molecule has 1 saturated heterocycles. The van der Waals surface area contributed by atoms with Gasteiger partial charge in [0.15, 0.2) is 0 Å². The minimum atomic E-state index is -0.954. The normalized spacial score (nSPS) is 19.1. The number of ether oxygens (including phenoxy) is 2. The first-order valence-corrected chi connectivity index (χ1v) is 5.61. The number of carbonyl (C=O) groups excluding carboxylic acids is 1. The summed E-state index contributed by atoms with van der Waals surface area (Å²) in [4.78, 5) is 22.4. The number of aliphatic carboxylic acids is 1. The molecule has 0 aromatic rings. The molecule has 0 aromatic heterocycles. The molecule has 0 aliphatic carbocycles. The van der Waals surface area contributed by atoms with Crippen molar-refractivity contribution in [3.05, 3.63) is 0 Å². The van der Waals surface area contributed by atoms with Gasteiger partial charge in [0, 0.05) is 13.2 Å². The van der Waals surface area contributed by atoms with Crippen LogP contribution in [0, 0.1) is 11.8 Å². The van der Waals surface area contributed by atoms with Gasteiger partial charge < -0.3 is 14.6 Å². The van der Waals surface area contributed by atoms with Gasteiger partial charge in [0.25, 0.3) is 0 Å². The molecule has 5 nitrogen and oxygen atoms in total. The Labute approximate surface area is 94.7 Å². The summed E-state index contributed by atoms with van der Waals surface area (Å²) in [6.45, 7) is 3.21. The average molecular weight is 230 g/mol. The second-order valence-electron chi connectivity index (χ2n) is 3.91. The number of hydrogen-bond acceptors (Lipinski definition) is 4. The quantitative estimate of drug-likeness (QED) is 0.715. The van der Waals surface area contributed by atoms with Gasteiger partial charge in [-0.3, -0.25) is 9.59 Å². The first-order chi connectivity index (χ1) is 7.65. The molecule has 0 radical (unpaired) electrons. The van der Waals surface area contributed by atoms with Crippen LogP contribution in [0.5, 0.6) is 0 Å². The van der Waals surface area contributed by atoms with E-state index in [9.17, 15) is 9.59 Å². The summed E-state index contributed by atoms with van der Waals surface area (Å²) < 4.78 is 10.1. The fourth-order valence-corrected chi connectivity index (χ4v) is 2.00. The Morgan fingerprint density at radius 3 is 2.56 bits per heavy atom. The standard InChI is InChI=1S/C11H18O5/c1-2-16-11(14)9(7-10(12)13)8-3-5-15-6-4-8/h8-9H,2-7H2,1H3,(H,12,13). The Morgan fingerprint density at radius 1 is 1.44 bits per heavy atom. The monoisotopic (exact) mass is 230 g/mol. The van der Waals surface area contributed by atoms with E-state index >= 15 is 0 Å². The Hall–Kier alpha value is -1.10. The zero-order chi connectivity index (χ0) is 12.0. The number of carboxylic acid groups (broad SMARTS) is 1. The van der Waals surface area contributed by atoms with Gasteiger partial charge in [0.05, 0.1) is 18.9 Å². The van der Waals surface area contributed by atoms with E-state index in [0.29, 0.717) is 13.2 Å². The maximum atomic E-state index is 11.7. The molecule has 0 amide bonds. The van der Waals surface area contributed by atoms with Crippen LogP contribution in [0.3, 0.4) is 0 Å². The molecule has 16 heavy (non-hydrogen) atoms. The van der Waals surface area contributed by atoms with E-state index in [1.54, 1.807) is 6.92 Å². The predicted molar refractivity (Wildman–Crippen MR) is 55.9 cm³/mol. The molecule has 1 rings (SSSR count). The highest BCUT2D eigenvalue weighted by molar-refractivity contribution is 5.79. The van der Waals surface area contributed by atoms with E-state index in [1.807, 2.05) is 0 Å². The second-order valence-corrected chi connectivity index (χ2v) is 3.91. The number of hydrogen-bond donors (Lipinski definition) is 1. The van der Waals surface area contributed by atoms with Gasteiger partial charge >= 0.3 is 11.9 Å². The SMILES string of the molecule is CCOC(=O)C(CC(=O)O)C1CCOCC1. The zero-order valence-corrected chi connectivity index (χ0v) is 9.48. The van der Waals surface area contributed by atoms with E-state index in [1.165, 1.54) is 0 Å². The Kier molecular flexibility index (Phi) is 5.25. The predicted octanol–water partition coefficient (Wildman–Crippen LogP) is 1.07. The Bertz CT molecular complexity index is 245. The van der Waals surface area contributed by atoms with Crippen LogP contribution in [0.2, 0.25) is 0 Å². The van der Waals surface area contributed by atoms with Crippen molar-refractivity contribution >= 4 is 11.9 Å². The van der Waals surface area contributed by atoms with Crippen molar-refractivity contribution in [3.63, 3.8) is 0 Å². The van der Waals surface area contributed by atoms with Gasteiger partial charge in [0.1, 0.15) is 0 Å². The van der Waals surface area contributed by atoms with Crippen molar-refractivity contribution in [1.82, 2.24) is 0 Å². The third-order valence-electron chi connectivity index (χ3n) is 2.82. The van der Waals surface area contributed by atoms with Gasteiger partial charge in [-0.2, -0.15) is 0 Å². The van der Waals surface area contributed by atoms with Crippen LogP contribution in [0.1, 0.15) is 26.2 Å². The van der Waals surface area contributed by atoms with E-state index in [0.717, 1.165) is 12.8 Å². The molecule has 1 N–H and O–H groups in total. The zero-order valence-electron chi connectivity index (χ0n) is 9.48. The summed E-state index contributed by atoms with van der Waals surface area (Å²) in [6.07, 6.45) is 1.32. The molecule has 0 bridgehead atoms. The van der Waals surface area contributed by atoms with Gasteiger partial charge in [-0.25, -0.2) is 0 Å². The van der Waals surface area contributed by atoms with Crippen molar-refractivity contribution in [1.29, 1.82) is 0 Å². The van der Waals surface area contributed by atoms with Crippen molar-refractivity contribution in [2.75, 3.05) is 19.8 Å². The van der Waals surface area contributed by atoms with Crippen LogP contribution in [0.15, 0.2) is 0 Å². The Morgan fingerprint density at radius 2 is 2.06 bits per heavy atom. The van der Waals surface area contributed by atoms with Crippen molar-refractivity contribution in [3.8, 4) is 0 Å².